The third kappa shape index (κ3) is 4.60. The van der Waals surface area contributed by atoms with E-state index in [0.29, 0.717) is 0 Å². The highest BCUT2D eigenvalue weighted by Gasteiger charge is 2.29. The van der Waals surface area contributed by atoms with Crippen molar-refractivity contribution in [3.63, 3.8) is 0 Å². The van der Waals surface area contributed by atoms with Crippen molar-refractivity contribution < 1.29 is 4.48 Å². The van der Waals surface area contributed by atoms with Gasteiger partial charge < -0.3 is 9.38 Å². The zero-order valence-corrected chi connectivity index (χ0v) is 17.8. The summed E-state index contributed by atoms with van der Waals surface area (Å²) in [5, 5.41) is 0.815. The summed E-state index contributed by atoms with van der Waals surface area (Å²) in [5.74, 6) is 0. The fourth-order valence-electron chi connectivity index (χ4n) is 4.50. The number of halogens is 1. The number of likely N-dealkylation sites (N-methyl/N-ethyl adjacent to an activating group) is 1. The molecule has 4 rings (SSSR count). The van der Waals surface area contributed by atoms with Crippen molar-refractivity contribution in [2.45, 2.75) is 6.42 Å². The molecule has 0 saturated carbocycles. The van der Waals surface area contributed by atoms with Crippen LogP contribution >= 0.6 is 11.6 Å². The minimum absolute atomic E-state index is 0.815. The van der Waals surface area contributed by atoms with Gasteiger partial charge in [-0.25, -0.2) is 0 Å². The number of piperazine rings is 1. The number of anilines is 1. The van der Waals surface area contributed by atoms with Crippen molar-refractivity contribution in [2.24, 2.45) is 0 Å². The van der Waals surface area contributed by atoms with Crippen LogP contribution in [-0.2, 0) is 0 Å². The fraction of sp³-hybridized carbons (Fsp3) is 0.417. The van der Waals surface area contributed by atoms with Gasteiger partial charge in [0.05, 0.1) is 20.6 Å². The number of benzene rings is 2. The monoisotopic (exact) mass is 396 g/mol. The Kier molecular flexibility index (Phi) is 5.77. The molecule has 3 nitrogen and oxygen atoms in total. The van der Waals surface area contributed by atoms with Crippen molar-refractivity contribution >= 4 is 22.9 Å². The Morgan fingerprint density at radius 2 is 1.57 bits per heavy atom. The molecule has 0 bridgehead atoms. The molecule has 0 spiro atoms. The van der Waals surface area contributed by atoms with Gasteiger partial charge in [-0.2, -0.15) is 0 Å². The summed E-state index contributed by atoms with van der Waals surface area (Å²) >= 11 is 6.12. The summed E-state index contributed by atoms with van der Waals surface area (Å²) in [6.45, 7) is 7.87. The van der Waals surface area contributed by atoms with Gasteiger partial charge in [0.15, 0.2) is 0 Å². The van der Waals surface area contributed by atoms with Gasteiger partial charge in [-0.05, 0) is 35.4 Å². The molecule has 28 heavy (non-hydrogen) atoms. The molecule has 4 heteroatoms. The highest BCUT2D eigenvalue weighted by molar-refractivity contribution is 6.30. The zero-order chi connectivity index (χ0) is 19.6. The highest BCUT2D eigenvalue weighted by Crippen LogP contribution is 2.31. The second-order valence-electron chi connectivity index (χ2n) is 8.76. The second kappa shape index (κ2) is 8.28. The molecule has 0 aliphatic carbocycles. The molecule has 2 heterocycles. The Morgan fingerprint density at radius 1 is 0.893 bits per heavy atom. The maximum Gasteiger partial charge on any atom is 0.102 e. The number of hydrogen-bond acceptors (Lipinski definition) is 2. The quantitative estimate of drug-likeness (QED) is 0.707. The first kappa shape index (κ1) is 19.5. The van der Waals surface area contributed by atoms with E-state index in [1.807, 2.05) is 12.1 Å². The van der Waals surface area contributed by atoms with E-state index in [2.05, 4.69) is 66.4 Å². The Balaban J connectivity index is 1.48. The lowest BCUT2D eigenvalue weighted by atomic mass is 9.92. The third-order valence-electron chi connectivity index (χ3n) is 6.11. The van der Waals surface area contributed by atoms with Crippen LogP contribution in [0.2, 0.25) is 5.02 Å². The molecule has 2 aliphatic rings. The number of hydrogen-bond donors (Lipinski definition) is 0. The summed E-state index contributed by atoms with van der Waals surface area (Å²) in [4.78, 5) is 5.14. The third-order valence-corrected chi connectivity index (χ3v) is 6.37. The van der Waals surface area contributed by atoms with E-state index in [1.54, 1.807) is 11.1 Å². The van der Waals surface area contributed by atoms with Crippen molar-refractivity contribution in [1.29, 1.82) is 0 Å². The molecule has 2 aromatic carbocycles. The van der Waals surface area contributed by atoms with Crippen molar-refractivity contribution in [3.8, 4) is 0 Å². The van der Waals surface area contributed by atoms with E-state index in [9.17, 15) is 0 Å². The van der Waals surface area contributed by atoms with Gasteiger partial charge >= 0.3 is 0 Å². The van der Waals surface area contributed by atoms with E-state index >= 15 is 0 Å². The van der Waals surface area contributed by atoms with Crippen LogP contribution in [0, 0.1) is 0 Å². The van der Waals surface area contributed by atoms with Crippen LogP contribution in [0.25, 0.3) is 5.57 Å². The summed E-state index contributed by atoms with van der Waals surface area (Å²) in [6, 6.07) is 19.2. The van der Waals surface area contributed by atoms with Crippen molar-refractivity contribution in [1.82, 2.24) is 4.90 Å². The van der Waals surface area contributed by atoms with Crippen molar-refractivity contribution in [3.05, 3.63) is 70.8 Å². The van der Waals surface area contributed by atoms with Crippen LogP contribution in [0.4, 0.5) is 5.69 Å². The van der Waals surface area contributed by atoms with E-state index in [4.69, 9.17) is 11.6 Å². The minimum atomic E-state index is 0.815. The van der Waals surface area contributed by atoms with E-state index in [-0.39, 0.29) is 0 Å². The highest BCUT2D eigenvalue weighted by atomic mass is 35.5. The molecule has 0 N–H and O–H groups in total. The molecule has 1 saturated heterocycles. The number of rotatable bonds is 4. The Labute approximate surface area is 174 Å². The predicted octanol–water partition coefficient (Wildman–Crippen LogP) is 4.40. The summed E-state index contributed by atoms with van der Waals surface area (Å²) in [6.07, 6.45) is 1.15. The molecule has 0 radical (unpaired) electrons. The van der Waals surface area contributed by atoms with Gasteiger partial charge in [-0.15, -0.1) is 0 Å². The first-order chi connectivity index (χ1) is 13.5. The van der Waals surface area contributed by atoms with Gasteiger partial charge in [0.2, 0.25) is 0 Å². The number of quaternary nitrogens is 1. The largest absolute Gasteiger partial charge is 0.369 e. The Bertz CT molecular complexity index is 819. The van der Waals surface area contributed by atoms with Crippen LogP contribution in [0.15, 0.2) is 60.2 Å². The van der Waals surface area contributed by atoms with Crippen LogP contribution in [0.5, 0.6) is 0 Å². The van der Waals surface area contributed by atoms with Crippen LogP contribution in [0.3, 0.4) is 0 Å². The normalized spacial score (nSPS) is 20.5. The van der Waals surface area contributed by atoms with E-state index in [1.165, 1.54) is 17.8 Å². The number of para-hydroxylation sites is 1. The molecule has 0 aromatic heterocycles. The van der Waals surface area contributed by atoms with Crippen LogP contribution < -0.4 is 4.90 Å². The standard InChI is InChI=1S/C24H31ClN3/c1-28(2)17-12-24(20-8-10-22(25)11-9-20)21(19-28)18-26-13-15-27(16-14-26)23-6-4-3-5-7-23/h3-11H,12-19H2,1-2H3/q+1. The van der Waals surface area contributed by atoms with Crippen LogP contribution in [0.1, 0.15) is 12.0 Å². The minimum Gasteiger partial charge on any atom is -0.369 e. The summed E-state index contributed by atoms with van der Waals surface area (Å²) in [5.41, 5.74) is 5.84. The molecule has 0 unspecified atom stereocenters. The van der Waals surface area contributed by atoms with Gasteiger partial charge in [0, 0.05) is 55.4 Å². The summed E-state index contributed by atoms with van der Waals surface area (Å²) < 4.78 is 1.08. The zero-order valence-electron chi connectivity index (χ0n) is 17.1. The summed E-state index contributed by atoms with van der Waals surface area (Å²) in [7, 11) is 4.71. The van der Waals surface area contributed by atoms with E-state index < -0.39 is 0 Å². The molecular formula is C24H31ClN3+. The average molecular weight is 397 g/mol. The average Bonchev–Trinajstić information content (AvgIpc) is 2.70. The lowest BCUT2D eigenvalue weighted by Crippen LogP contribution is -2.50. The molecule has 148 valence electrons. The predicted molar refractivity (Wildman–Crippen MR) is 120 cm³/mol. The van der Waals surface area contributed by atoms with E-state index in [0.717, 1.165) is 55.2 Å². The lowest BCUT2D eigenvalue weighted by molar-refractivity contribution is -0.886. The number of nitrogens with zero attached hydrogens (tertiary/aromatic N) is 3. The first-order valence-corrected chi connectivity index (χ1v) is 10.7. The van der Waals surface area contributed by atoms with Crippen LogP contribution in [-0.4, -0.2) is 69.3 Å². The SMILES string of the molecule is C[N+]1(C)CCC(c2ccc(Cl)cc2)=C(CN2CCN(c3ccccc3)CC2)C1. The van der Waals surface area contributed by atoms with Gasteiger partial charge in [0.1, 0.15) is 6.54 Å². The smallest absolute Gasteiger partial charge is 0.102 e. The molecule has 1 fully saturated rings. The van der Waals surface area contributed by atoms with Crippen molar-refractivity contribution in [2.75, 3.05) is 64.8 Å². The molecule has 0 atom stereocenters. The molecule has 2 aromatic rings. The second-order valence-corrected chi connectivity index (χ2v) is 9.19. The molecule has 2 aliphatic heterocycles. The van der Waals surface area contributed by atoms with Gasteiger partial charge in [-0.1, -0.05) is 41.9 Å². The first-order valence-electron chi connectivity index (χ1n) is 10.3. The van der Waals surface area contributed by atoms with Gasteiger partial charge in [0.25, 0.3) is 0 Å². The maximum atomic E-state index is 6.12. The Morgan fingerprint density at radius 3 is 2.25 bits per heavy atom. The topological polar surface area (TPSA) is 6.48 Å². The fourth-order valence-corrected chi connectivity index (χ4v) is 4.63. The maximum absolute atomic E-state index is 6.12. The lowest BCUT2D eigenvalue weighted by Gasteiger charge is -2.40. The van der Waals surface area contributed by atoms with Gasteiger partial charge in [-0.3, -0.25) is 4.90 Å². The Hall–Kier alpha value is -1.81. The molecular weight excluding hydrogens is 366 g/mol. The molecule has 0 amide bonds.